The Morgan fingerprint density at radius 2 is 2.25 bits per heavy atom. The zero-order valence-electron chi connectivity index (χ0n) is 9.27. The first kappa shape index (κ1) is 12.3. The quantitative estimate of drug-likeness (QED) is 0.746. The van der Waals surface area contributed by atoms with Crippen LogP contribution in [0.15, 0.2) is 18.2 Å². The number of carbonyl (C=O) groups is 1. The maximum atomic E-state index is 11.2. The number of phenols is 1. The molecule has 0 aliphatic rings. The second-order valence-corrected chi connectivity index (χ2v) is 3.16. The summed E-state index contributed by atoms with van der Waals surface area (Å²) in [5.41, 5.74) is 6.19. The summed E-state index contributed by atoms with van der Waals surface area (Å²) in [5, 5.41) is 9.46. The molecule has 1 aromatic carbocycles. The fraction of sp³-hybridized carbons (Fsp3) is 0.364. The third kappa shape index (κ3) is 2.64. The van der Waals surface area contributed by atoms with E-state index < -0.39 is 12.0 Å². The van der Waals surface area contributed by atoms with Crippen LogP contribution in [0.3, 0.4) is 0 Å². The standard InChI is InChI=1S/C11H15NO4/c1-3-16-9-6-7(4-5-8(9)13)10(12)11(14)15-2/h4-6,10,13H,3,12H2,1-2H3/t10-/m1/s1. The summed E-state index contributed by atoms with van der Waals surface area (Å²) in [7, 11) is 1.27. The highest BCUT2D eigenvalue weighted by Gasteiger charge is 2.17. The minimum Gasteiger partial charge on any atom is -0.504 e. The normalized spacial score (nSPS) is 11.9. The molecule has 0 amide bonds. The summed E-state index contributed by atoms with van der Waals surface area (Å²) in [6.45, 7) is 2.22. The molecular formula is C11H15NO4. The van der Waals surface area contributed by atoms with Gasteiger partial charge in [-0.25, -0.2) is 0 Å². The Balaban J connectivity index is 2.97. The van der Waals surface area contributed by atoms with Crippen LogP contribution in [0, 0.1) is 0 Å². The van der Waals surface area contributed by atoms with E-state index in [0.717, 1.165) is 0 Å². The molecule has 0 radical (unpaired) electrons. The van der Waals surface area contributed by atoms with Crippen LogP contribution in [0.2, 0.25) is 0 Å². The average molecular weight is 225 g/mol. The lowest BCUT2D eigenvalue weighted by atomic mass is 10.1. The molecule has 16 heavy (non-hydrogen) atoms. The Morgan fingerprint density at radius 1 is 1.56 bits per heavy atom. The van der Waals surface area contributed by atoms with Gasteiger partial charge in [0, 0.05) is 0 Å². The third-order valence-corrected chi connectivity index (χ3v) is 2.10. The van der Waals surface area contributed by atoms with Gasteiger partial charge in [-0.15, -0.1) is 0 Å². The molecule has 0 aliphatic heterocycles. The SMILES string of the molecule is CCOc1cc([C@@H](N)C(=O)OC)ccc1O. The van der Waals surface area contributed by atoms with Crippen LogP contribution in [0.1, 0.15) is 18.5 Å². The zero-order valence-corrected chi connectivity index (χ0v) is 9.27. The second kappa shape index (κ2) is 5.37. The van der Waals surface area contributed by atoms with Gasteiger partial charge in [0.05, 0.1) is 13.7 Å². The van der Waals surface area contributed by atoms with Crippen molar-refractivity contribution in [3.8, 4) is 11.5 Å². The van der Waals surface area contributed by atoms with Crippen molar-refractivity contribution in [3.63, 3.8) is 0 Å². The van der Waals surface area contributed by atoms with E-state index in [1.165, 1.54) is 19.2 Å². The third-order valence-electron chi connectivity index (χ3n) is 2.10. The van der Waals surface area contributed by atoms with Gasteiger partial charge in [0.25, 0.3) is 0 Å². The molecule has 0 unspecified atom stereocenters. The Bertz CT molecular complexity index is 378. The fourth-order valence-electron chi connectivity index (χ4n) is 1.26. The maximum Gasteiger partial charge on any atom is 0.327 e. The molecule has 1 atom stereocenters. The van der Waals surface area contributed by atoms with Crippen LogP contribution < -0.4 is 10.5 Å². The molecule has 0 bridgehead atoms. The summed E-state index contributed by atoms with van der Waals surface area (Å²) in [5.74, 6) is -0.213. The molecule has 5 nitrogen and oxygen atoms in total. The number of methoxy groups -OCH3 is 1. The lowest BCUT2D eigenvalue weighted by Crippen LogP contribution is -2.22. The number of carbonyl (C=O) groups excluding carboxylic acids is 1. The highest BCUT2D eigenvalue weighted by molar-refractivity contribution is 5.77. The predicted molar refractivity (Wildman–Crippen MR) is 58.2 cm³/mol. The number of rotatable bonds is 4. The van der Waals surface area contributed by atoms with E-state index in [1.54, 1.807) is 13.0 Å². The predicted octanol–water partition coefficient (Wildman–Crippen LogP) is 0.964. The van der Waals surface area contributed by atoms with Crippen molar-refractivity contribution in [2.75, 3.05) is 13.7 Å². The highest BCUT2D eigenvalue weighted by atomic mass is 16.5. The molecule has 88 valence electrons. The van der Waals surface area contributed by atoms with E-state index in [1.807, 2.05) is 0 Å². The van der Waals surface area contributed by atoms with Gasteiger partial charge >= 0.3 is 5.97 Å². The first-order valence-corrected chi connectivity index (χ1v) is 4.89. The lowest BCUT2D eigenvalue weighted by Gasteiger charge is -2.12. The van der Waals surface area contributed by atoms with Gasteiger partial charge in [-0.05, 0) is 24.6 Å². The van der Waals surface area contributed by atoms with Gasteiger partial charge in [-0.3, -0.25) is 4.79 Å². The summed E-state index contributed by atoms with van der Waals surface area (Å²) >= 11 is 0. The summed E-state index contributed by atoms with van der Waals surface area (Å²) in [4.78, 5) is 11.2. The largest absolute Gasteiger partial charge is 0.504 e. The molecule has 0 saturated heterocycles. The highest BCUT2D eigenvalue weighted by Crippen LogP contribution is 2.28. The van der Waals surface area contributed by atoms with Gasteiger partial charge in [0.15, 0.2) is 11.5 Å². The van der Waals surface area contributed by atoms with Crippen LogP contribution in [0.5, 0.6) is 11.5 Å². The molecule has 1 aromatic rings. The van der Waals surface area contributed by atoms with Crippen LogP contribution in [-0.4, -0.2) is 24.8 Å². The molecule has 0 aliphatic carbocycles. The van der Waals surface area contributed by atoms with Crippen molar-refractivity contribution in [1.29, 1.82) is 0 Å². The number of phenolic OH excluding ortho intramolecular Hbond substituents is 1. The molecule has 0 aromatic heterocycles. The van der Waals surface area contributed by atoms with Crippen LogP contribution in [-0.2, 0) is 9.53 Å². The monoisotopic (exact) mass is 225 g/mol. The second-order valence-electron chi connectivity index (χ2n) is 3.16. The summed E-state index contributed by atoms with van der Waals surface area (Å²) < 4.78 is 9.71. The number of benzene rings is 1. The van der Waals surface area contributed by atoms with Crippen molar-refractivity contribution < 1.29 is 19.4 Å². The van der Waals surface area contributed by atoms with E-state index in [-0.39, 0.29) is 5.75 Å². The number of esters is 1. The number of hydrogen-bond donors (Lipinski definition) is 2. The minimum absolute atomic E-state index is 0.0164. The van der Waals surface area contributed by atoms with Gasteiger partial charge in [-0.2, -0.15) is 0 Å². The Morgan fingerprint density at radius 3 is 2.81 bits per heavy atom. The number of hydrogen-bond acceptors (Lipinski definition) is 5. The van der Waals surface area contributed by atoms with Crippen LogP contribution >= 0.6 is 0 Å². The Hall–Kier alpha value is -1.75. The lowest BCUT2D eigenvalue weighted by molar-refractivity contribution is -0.142. The molecule has 5 heteroatoms. The Kier molecular flexibility index (Phi) is 4.13. The summed E-state index contributed by atoms with van der Waals surface area (Å²) in [6, 6.07) is 3.65. The number of ether oxygens (including phenoxy) is 2. The van der Waals surface area contributed by atoms with Crippen molar-refractivity contribution in [2.24, 2.45) is 5.73 Å². The fourth-order valence-corrected chi connectivity index (χ4v) is 1.26. The van der Waals surface area contributed by atoms with Gasteiger partial charge in [0.2, 0.25) is 0 Å². The van der Waals surface area contributed by atoms with Crippen molar-refractivity contribution in [1.82, 2.24) is 0 Å². The topological polar surface area (TPSA) is 81.8 Å². The molecule has 0 heterocycles. The van der Waals surface area contributed by atoms with Gasteiger partial charge < -0.3 is 20.3 Å². The van der Waals surface area contributed by atoms with Gasteiger partial charge in [-0.1, -0.05) is 6.07 Å². The minimum atomic E-state index is -0.871. The first-order valence-electron chi connectivity index (χ1n) is 4.89. The van der Waals surface area contributed by atoms with E-state index in [4.69, 9.17) is 10.5 Å². The maximum absolute atomic E-state index is 11.2. The molecule has 1 rings (SSSR count). The summed E-state index contributed by atoms with van der Waals surface area (Å²) in [6.07, 6.45) is 0. The molecule has 3 N–H and O–H groups in total. The van der Waals surface area contributed by atoms with E-state index in [0.29, 0.717) is 17.9 Å². The zero-order chi connectivity index (χ0) is 12.1. The van der Waals surface area contributed by atoms with Crippen LogP contribution in [0.25, 0.3) is 0 Å². The molecular weight excluding hydrogens is 210 g/mol. The number of nitrogens with two attached hydrogens (primary N) is 1. The van der Waals surface area contributed by atoms with Crippen molar-refractivity contribution in [3.05, 3.63) is 23.8 Å². The van der Waals surface area contributed by atoms with Crippen LogP contribution in [0.4, 0.5) is 0 Å². The molecule has 0 saturated carbocycles. The van der Waals surface area contributed by atoms with Crippen molar-refractivity contribution >= 4 is 5.97 Å². The molecule has 0 spiro atoms. The average Bonchev–Trinajstić information content (AvgIpc) is 2.30. The van der Waals surface area contributed by atoms with Crippen molar-refractivity contribution in [2.45, 2.75) is 13.0 Å². The van der Waals surface area contributed by atoms with E-state index in [9.17, 15) is 9.90 Å². The number of aromatic hydroxyl groups is 1. The first-order chi connectivity index (χ1) is 7.60. The van der Waals surface area contributed by atoms with E-state index >= 15 is 0 Å². The smallest absolute Gasteiger partial charge is 0.327 e. The van der Waals surface area contributed by atoms with E-state index in [2.05, 4.69) is 4.74 Å². The Labute approximate surface area is 93.8 Å². The van der Waals surface area contributed by atoms with Gasteiger partial charge in [0.1, 0.15) is 6.04 Å². The molecule has 0 fully saturated rings.